The summed E-state index contributed by atoms with van der Waals surface area (Å²) in [5.74, 6) is 3.26. The number of hydrogen-bond acceptors (Lipinski definition) is 7. The summed E-state index contributed by atoms with van der Waals surface area (Å²) in [7, 11) is 2.00. The zero-order valence-electron chi connectivity index (χ0n) is 16.3. The Hall–Kier alpha value is -2.48. The van der Waals surface area contributed by atoms with Gasteiger partial charge in [-0.25, -0.2) is 0 Å². The predicted molar refractivity (Wildman–Crippen MR) is 99.1 cm³/mol. The van der Waals surface area contributed by atoms with Gasteiger partial charge in [-0.2, -0.15) is 4.98 Å². The van der Waals surface area contributed by atoms with Crippen molar-refractivity contribution in [1.29, 1.82) is 0 Å². The van der Waals surface area contributed by atoms with Crippen LogP contribution in [0.15, 0.2) is 21.1 Å². The van der Waals surface area contributed by atoms with E-state index in [0.29, 0.717) is 18.3 Å². The van der Waals surface area contributed by atoms with Gasteiger partial charge in [0, 0.05) is 25.2 Å². The van der Waals surface area contributed by atoms with Crippen LogP contribution in [-0.4, -0.2) is 42.9 Å². The number of aryl methyl sites for hydroxylation is 1. The van der Waals surface area contributed by atoms with Crippen molar-refractivity contribution >= 4 is 0 Å². The molecular formula is C19H26N6O2. The largest absolute Gasteiger partial charge is 0.418 e. The van der Waals surface area contributed by atoms with Gasteiger partial charge in [-0.05, 0) is 38.4 Å². The summed E-state index contributed by atoms with van der Waals surface area (Å²) in [5, 5.41) is 12.6. The number of piperidine rings is 1. The second-order valence-electron chi connectivity index (χ2n) is 7.64. The molecule has 1 fully saturated rings. The molecule has 0 radical (unpaired) electrons. The molecule has 0 unspecified atom stereocenters. The molecule has 0 saturated carbocycles. The summed E-state index contributed by atoms with van der Waals surface area (Å²) >= 11 is 0. The van der Waals surface area contributed by atoms with Gasteiger partial charge in [-0.3, -0.25) is 4.90 Å². The highest BCUT2D eigenvalue weighted by Crippen LogP contribution is 2.28. The van der Waals surface area contributed by atoms with Gasteiger partial charge in [0.15, 0.2) is 5.82 Å². The third-order valence-corrected chi connectivity index (χ3v) is 5.25. The molecular weight excluding hydrogens is 344 g/mol. The lowest BCUT2D eigenvalue weighted by atomic mass is 9.98. The molecule has 8 nitrogen and oxygen atoms in total. The molecule has 4 rings (SSSR count). The van der Waals surface area contributed by atoms with E-state index in [0.717, 1.165) is 49.0 Å². The van der Waals surface area contributed by atoms with E-state index in [2.05, 4.69) is 50.6 Å². The molecule has 1 atom stereocenters. The Bertz CT molecular complexity index is 909. The molecule has 0 aliphatic carbocycles. The van der Waals surface area contributed by atoms with E-state index in [4.69, 9.17) is 8.94 Å². The second kappa shape index (κ2) is 7.26. The van der Waals surface area contributed by atoms with Gasteiger partial charge in [0.05, 0.1) is 12.5 Å². The maximum atomic E-state index is 5.91. The average Bonchev–Trinajstić information content (AvgIpc) is 3.37. The van der Waals surface area contributed by atoms with Crippen LogP contribution in [0.3, 0.4) is 0 Å². The predicted octanol–water partition coefficient (Wildman–Crippen LogP) is 3.27. The van der Waals surface area contributed by atoms with Gasteiger partial charge in [0.1, 0.15) is 5.69 Å². The van der Waals surface area contributed by atoms with Crippen molar-refractivity contribution in [2.75, 3.05) is 13.1 Å². The molecule has 1 aliphatic heterocycles. The molecule has 0 amide bonds. The first-order valence-corrected chi connectivity index (χ1v) is 9.52. The number of aromatic nitrogens is 5. The molecule has 0 N–H and O–H groups in total. The summed E-state index contributed by atoms with van der Waals surface area (Å²) in [6, 6.07) is 4.05. The number of hydrogen-bond donors (Lipinski definition) is 0. The highest BCUT2D eigenvalue weighted by Gasteiger charge is 2.27. The SMILES string of the molecule is Cc1ccc(-c2nnc(CN3CCC[C@H](c4nc(C(C)C)no4)C3)o2)n1C. The smallest absolute Gasteiger partial charge is 0.264 e. The molecule has 0 aromatic carbocycles. The Morgan fingerprint density at radius 1 is 1.26 bits per heavy atom. The Balaban J connectivity index is 1.43. The molecule has 3 aromatic rings. The fraction of sp³-hybridized carbons (Fsp3) is 0.579. The third-order valence-electron chi connectivity index (χ3n) is 5.25. The molecule has 4 heterocycles. The second-order valence-corrected chi connectivity index (χ2v) is 7.64. The maximum Gasteiger partial charge on any atom is 0.264 e. The van der Waals surface area contributed by atoms with Crippen LogP contribution in [0.25, 0.3) is 11.6 Å². The fourth-order valence-corrected chi connectivity index (χ4v) is 3.49. The zero-order valence-corrected chi connectivity index (χ0v) is 16.3. The molecule has 0 spiro atoms. The van der Waals surface area contributed by atoms with Crippen molar-refractivity contribution in [3.05, 3.63) is 35.4 Å². The maximum absolute atomic E-state index is 5.91. The van der Waals surface area contributed by atoms with Crippen LogP contribution in [0.5, 0.6) is 0 Å². The topological polar surface area (TPSA) is 86.0 Å². The highest BCUT2D eigenvalue weighted by atomic mass is 16.5. The molecule has 3 aromatic heterocycles. The van der Waals surface area contributed by atoms with Gasteiger partial charge < -0.3 is 13.5 Å². The van der Waals surface area contributed by atoms with E-state index in [-0.39, 0.29) is 11.8 Å². The van der Waals surface area contributed by atoms with Crippen LogP contribution in [0.1, 0.15) is 61.8 Å². The van der Waals surface area contributed by atoms with E-state index in [1.807, 2.05) is 19.2 Å². The van der Waals surface area contributed by atoms with E-state index < -0.39 is 0 Å². The van der Waals surface area contributed by atoms with Gasteiger partial charge in [0.2, 0.25) is 11.8 Å². The van der Waals surface area contributed by atoms with Crippen LogP contribution in [-0.2, 0) is 13.6 Å². The lowest BCUT2D eigenvalue weighted by molar-refractivity contribution is 0.167. The minimum Gasteiger partial charge on any atom is -0.418 e. The molecule has 0 bridgehead atoms. The molecule has 1 aliphatic rings. The van der Waals surface area contributed by atoms with Crippen molar-refractivity contribution in [3.8, 4) is 11.6 Å². The molecule has 144 valence electrons. The first kappa shape index (κ1) is 17.9. The van der Waals surface area contributed by atoms with Crippen LogP contribution in [0, 0.1) is 6.92 Å². The monoisotopic (exact) mass is 370 g/mol. The number of rotatable bonds is 5. The Kier molecular flexibility index (Phi) is 4.82. The molecule has 1 saturated heterocycles. The average molecular weight is 370 g/mol. The first-order chi connectivity index (χ1) is 13.0. The van der Waals surface area contributed by atoms with E-state index in [1.54, 1.807) is 0 Å². The van der Waals surface area contributed by atoms with E-state index in [1.165, 1.54) is 0 Å². The van der Waals surface area contributed by atoms with Crippen LogP contribution < -0.4 is 0 Å². The zero-order chi connectivity index (χ0) is 19.0. The van der Waals surface area contributed by atoms with Crippen molar-refractivity contribution in [1.82, 2.24) is 29.8 Å². The van der Waals surface area contributed by atoms with Gasteiger partial charge >= 0.3 is 0 Å². The van der Waals surface area contributed by atoms with Crippen LogP contribution in [0.2, 0.25) is 0 Å². The van der Waals surface area contributed by atoms with Crippen molar-refractivity contribution in [2.45, 2.75) is 52.0 Å². The van der Waals surface area contributed by atoms with Crippen LogP contribution in [0.4, 0.5) is 0 Å². The van der Waals surface area contributed by atoms with Crippen LogP contribution >= 0.6 is 0 Å². The summed E-state index contributed by atoms with van der Waals surface area (Å²) in [5.41, 5.74) is 2.10. The minimum atomic E-state index is 0.261. The lowest BCUT2D eigenvalue weighted by Crippen LogP contribution is -2.34. The van der Waals surface area contributed by atoms with E-state index in [9.17, 15) is 0 Å². The highest BCUT2D eigenvalue weighted by molar-refractivity contribution is 5.48. The van der Waals surface area contributed by atoms with E-state index >= 15 is 0 Å². The van der Waals surface area contributed by atoms with Gasteiger partial charge in [0.25, 0.3) is 5.89 Å². The first-order valence-electron chi connectivity index (χ1n) is 9.52. The Labute approximate surface area is 158 Å². The molecule has 8 heteroatoms. The number of likely N-dealkylation sites (tertiary alicyclic amines) is 1. The minimum absolute atomic E-state index is 0.261. The van der Waals surface area contributed by atoms with Crippen molar-refractivity contribution in [3.63, 3.8) is 0 Å². The fourth-order valence-electron chi connectivity index (χ4n) is 3.49. The third kappa shape index (κ3) is 3.66. The summed E-state index contributed by atoms with van der Waals surface area (Å²) in [6.45, 7) is 8.70. The van der Waals surface area contributed by atoms with Gasteiger partial charge in [-0.1, -0.05) is 19.0 Å². The lowest BCUT2D eigenvalue weighted by Gasteiger charge is -2.29. The standard InChI is InChI=1S/C19H26N6O2/c1-12(2)17-20-18(27-23-17)14-6-5-9-25(10-14)11-16-21-22-19(26-16)15-8-7-13(3)24(15)4/h7-8,12,14H,5-6,9-11H2,1-4H3/t14-/m0/s1. The van der Waals surface area contributed by atoms with Crippen molar-refractivity contribution in [2.24, 2.45) is 7.05 Å². The van der Waals surface area contributed by atoms with Gasteiger partial charge in [-0.15, -0.1) is 10.2 Å². The Morgan fingerprint density at radius 3 is 2.81 bits per heavy atom. The summed E-state index contributed by atoms with van der Waals surface area (Å²) in [6.07, 6.45) is 2.15. The quantitative estimate of drug-likeness (QED) is 0.681. The van der Waals surface area contributed by atoms with Crippen molar-refractivity contribution < 1.29 is 8.94 Å². The summed E-state index contributed by atoms with van der Waals surface area (Å²) < 4.78 is 13.5. The number of nitrogens with zero attached hydrogens (tertiary/aromatic N) is 6. The Morgan fingerprint density at radius 2 is 2.11 bits per heavy atom. The normalized spacial score (nSPS) is 18.5. The summed E-state index contributed by atoms with van der Waals surface area (Å²) in [4.78, 5) is 6.89. The molecule has 27 heavy (non-hydrogen) atoms.